The first-order valence-corrected chi connectivity index (χ1v) is 10.7. The molecule has 32 heavy (non-hydrogen) atoms. The van der Waals surface area contributed by atoms with Crippen LogP contribution in [0.5, 0.6) is 0 Å². The minimum absolute atomic E-state index is 0.0206. The first-order chi connectivity index (χ1) is 15.7. The molecule has 3 heterocycles. The van der Waals surface area contributed by atoms with Gasteiger partial charge in [0, 0.05) is 25.3 Å². The Balaban J connectivity index is 1.50. The second-order valence-corrected chi connectivity index (χ2v) is 7.62. The number of carbonyl (C=O) groups is 1. The van der Waals surface area contributed by atoms with Crippen LogP contribution >= 0.6 is 0 Å². The maximum Gasteiger partial charge on any atom is 0.262 e. The van der Waals surface area contributed by atoms with E-state index in [9.17, 15) is 9.59 Å². The summed E-state index contributed by atoms with van der Waals surface area (Å²) in [5.41, 5.74) is 2.02. The summed E-state index contributed by atoms with van der Waals surface area (Å²) in [7, 11) is 0. The summed E-state index contributed by atoms with van der Waals surface area (Å²) in [6.07, 6.45) is 0. The van der Waals surface area contributed by atoms with E-state index >= 15 is 0 Å². The lowest BCUT2D eigenvalue weighted by molar-refractivity contribution is 0.0303. The largest absolute Gasteiger partial charge is 0.378 e. The van der Waals surface area contributed by atoms with Gasteiger partial charge in [-0.15, -0.1) is 10.2 Å². The lowest BCUT2D eigenvalue weighted by Crippen LogP contribution is -2.40. The molecule has 0 radical (unpaired) electrons. The molecule has 1 N–H and O–H groups in total. The van der Waals surface area contributed by atoms with Crippen LogP contribution in [0.3, 0.4) is 0 Å². The van der Waals surface area contributed by atoms with Gasteiger partial charge >= 0.3 is 0 Å². The number of hydrogen-bond acceptors (Lipinski definition) is 6. The molecule has 0 aliphatic carbocycles. The fraction of sp³-hybridized carbons (Fsp3) is 0.304. The number of ether oxygens (including phenoxy) is 1. The van der Waals surface area contributed by atoms with Crippen LogP contribution in [0, 0.1) is 0 Å². The molecule has 9 heteroatoms. The Morgan fingerprint density at radius 2 is 1.81 bits per heavy atom. The molecule has 4 aromatic rings. The lowest BCUT2D eigenvalue weighted by Gasteiger charge is -2.27. The average molecular weight is 432 g/mol. The number of rotatable bonds is 5. The van der Waals surface area contributed by atoms with E-state index in [0.29, 0.717) is 61.9 Å². The summed E-state index contributed by atoms with van der Waals surface area (Å²) in [6.45, 7) is 5.04. The number of nitrogens with one attached hydrogen (secondary N) is 1. The van der Waals surface area contributed by atoms with Crippen molar-refractivity contribution in [3.63, 3.8) is 0 Å². The molecule has 164 valence electrons. The summed E-state index contributed by atoms with van der Waals surface area (Å²) in [5.74, 6) is 1.14. The Morgan fingerprint density at radius 1 is 1.06 bits per heavy atom. The number of benzene rings is 2. The Labute approximate surface area is 184 Å². The smallest absolute Gasteiger partial charge is 0.262 e. The van der Waals surface area contributed by atoms with E-state index in [-0.39, 0.29) is 11.5 Å². The molecule has 5 rings (SSSR count). The Morgan fingerprint density at radius 3 is 2.62 bits per heavy atom. The van der Waals surface area contributed by atoms with Crippen LogP contribution in [0.4, 0.5) is 5.69 Å². The molecule has 0 spiro atoms. The summed E-state index contributed by atoms with van der Waals surface area (Å²) < 4.78 is 8.89. The molecule has 0 atom stereocenters. The quantitative estimate of drug-likeness (QED) is 0.519. The van der Waals surface area contributed by atoms with Crippen LogP contribution in [-0.2, 0) is 17.8 Å². The van der Waals surface area contributed by atoms with Crippen molar-refractivity contribution >= 4 is 28.3 Å². The molecular weight excluding hydrogens is 408 g/mol. The van der Waals surface area contributed by atoms with E-state index in [2.05, 4.69) is 15.5 Å². The standard InChI is InChI=1S/C23H24N6O3/c1-2-28-22(31)17-8-4-6-10-19(17)29-20(25-26-23(28)29)15-24-18-9-5-3-7-16(18)21(30)27-11-13-32-14-12-27/h3-10,24H,2,11-15H2,1H3. The van der Waals surface area contributed by atoms with Crippen LogP contribution < -0.4 is 10.9 Å². The molecular formula is C23H24N6O3. The average Bonchev–Trinajstić information content (AvgIpc) is 3.27. The van der Waals surface area contributed by atoms with E-state index in [0.717, 1.165) is 11.2 Å². The van der Waals surface area contributed by atoms with Crippen LogP contribution in [0.15, 0.2) is 53.3 Å². The number of para-hydroxylation sites is 2. The van der Waals surface area contributed by atoms with E-state index in [4.69, 9.17) is 4.74 Å². The van der Waals surface area contributed by atoms with Crippen LogP contribution in [0.25, 0.3) is 16.7 Å². The van der Waals surface area contributed by atoms with Gasteiger partial charge < -0.3 is 15.0 Å². The van der Waals surface area contributed by atoms with Crippen molar-refractivity contribution in [1.82, 2.24) is 24.1 Å². The van der Waals surface area contributed by atoms with E-state index in [1.165, 1.54) is 0 Å². The van der Waals surface area contributed by atoms with Crippen LogP contribution in [0.1, 0.15) is 23.1 Å². The zero-order chi connectivity index (χ0) is 22.1. The van der Waals surface area contributed by atoms with Gasteiger partial charge in [-0.3, -0.25) is 18.6 Å². The molecule has 0 unspecified atom stereocenters. The van der Waals surface area contributed by atoms with Crippen molar-refractivity contribution < 1.29 is 9.53 Å². The zero-order valence-electron chi connectivity index (χ0n) is 17.8. The zero-order valence-corrected chi connectivity index (χ0v) is 17.8. The van der Waals surface area contributed by atoms with Gasteiger partial charge in [0.1, 0.15) is 0 Å². The number of anilines is 1. The predicted molar refractivity (Wildman–Crippen MR) is 121 cm³/mol. The number of amides is 1. The van der Waals surface area contributed by atoms with Gasteiger partial charge in [-0.1, -0.05) is 24.3 Å². The predicted octanol–water partition coefficient (Wildman–Crippen LogP) is 2.15. The topological polar surface area (TPSA) is 93.8 Å². The van der Waals surface area contributed by atoms with Crippen molar-refractivity contribution in [2.45, 2.75) is 20.0 Å². The van der Waals surface area contributed by atoms with Gasteiger partial charge in [-0.2, -0.15) is 0 Å². The van der Waals surface area contributed by atoms with Crippen LogP contribution in [-0.4, -0.2) is 56.3 Å². The highest BCUT2D eigenvalue weighted by Gasteiger charge is 2.21. The number of aryl methyl sites for hydroxylation is 1. The Bertz CT molecular complexity index is 1350. The fourth-order valence-corrected chi connectivity index (χ4v) is 4.15. The first kappa shape index (κ1) is 20.2. The molecule has 1 amide bonds. The van der Waals surface area contributed by atoms with E-state index in [1.807, 2.05) is 64.8 Å². The van der Waals surface area contributed by atoms with Crippen molar-refractivity contribution in [3.05, 3.63) is 70.3 Å². The number of fused-ring (bicyclic) bond motifs is 3. The first-order valence-electron chi connectivity index (χ1n) is 10.7. The molecule has 1 saturated heterocycles. The third-order valence-corrected chi connectivity index (χ3v) is 5.78. The molecule has 1 fully saturated rings. The molecule has 1 aliphatic heterocycles. The third kappa shape index (κ3) is 3.40. The Hall–Kier alpha value is -3.72. The van der Waals surface area contributed by atoms with Gasteiger partial charge in [0.05, 0.1) is 36.2 Å². The van der Waals surface area contributed by atoms with Crippen molar-refractivity contribution in [3.8, 4) is 0 Å². The summed E-state index contributed by atoms with van der Waals surface area (Å²) in [4.78, 5) is 27.7. The van der Waals surface area contributed by atoms with Crippen LogP contribution in [0.2, 0.25) is 0 Å². The number of morpholine rings is 1. The van der Waals surface area contributed by atoms with Gasteiger partial charge in [-0.25, -0.2) is 0 Å². The monoisotopic (exact) mass is 432 g/mol. The number of hydrogen-bond donors (Lipinski definition) is 1. The van der Waals surface area contributed by atoms with Gasteiger partial charge in [0.15, 0.2) is 5.82 Å². The minimum atomic E-state index is -0.0797. The molecule has 2 aromatic heterocycles. The molecule has 0 bridgehead atoms. The summed E-state index contributed by atoms with van der Waals surface area (Å²) >= 11 is 0. The normalized spacial score (nSPS) is 14.2. The second kappa shape index (κ2) is 8.43. The fourth-order valence-electron chi connectivity index (χ4n) is 4.15. The van der Waals surface area contributed by atoms with Crippen molar-refractivity contribution in [1.29, 1.82) is 0 Å². The number of carbonyl (C=O) groups excluding carboxylic acids is 1. The van der Waals surface area contributed by atoms with Gasteiger partial charge in [0.25, 0.3) is 11.5 Å². The van der Waals surface area contributed by atoms with Crippen molar-refractivity contribution in [2.24, 2.45) is 0 Å². The van der Waals surface area contributed by atoms with Crippen molar-refractivity contribution in [2.75, 3.05) is 31.6 Å². The lowest BCUT2D eigenvalue weighted by atomic mass is 10.1. The maximum absolute atomic E-state index is 13.0. The molecule has 1 aliphatic rings. The van der Waals surface area contributed by atoms with Gasteiger partial charge in [0.2, 0.25) is 5.78 Å². The summed E-state index contributed by atoms with van der Waals surface area (Å²) in [6, 6.07) is 14.9. The van der Waals surface area contributed by atoms with E-state index < -0.39 is 0 Å². The highest BCUT2D eigenvalue weighted by Crippen LogP contribution is 2.20. The molecule has 2 aromatic carbocycles. The highest BCUT2D eigenvalue weighted by atomic mass is 16.5. The highest BCUT2D eigenvalue weighted by molar-refractivity contribution is 5.99. The molecule has 0 saturated carbocycles. The summed E-state index contributed by atoms with van der Waals surface area (Å²) in [5, 5.41) is 12.6. The minimum Gasteiger partial charge on any atom is -0.378 e. The number of aromatic nitrogens is 4. The number of nitrogens with zero attached hydrogens (tertiary/aromatic N) is 5. The SMILES string of the molecule is CCn1c(=O)c2ccccc2n2c(CNc3ccccc3C(=O)N3CCOCC3)nnc12. The third-order valence-electron chi connectivity index (χ3n) is 5.78. The second-order valence-electron chi connectivity index (χ2n) is 7.62. The van der Waals surface area contributed by atoms with Gasteiger partial charge in [-0.05, 0) is 31.2 Å². The molecule has 9 nitrogen and oxygen atoms in total. The Kier molecular flexibility index (Phi) is 5.32. The maximum atomic E-state index is 13.0. The van der Waals surface area contributed by atoms with E-state index in [1.54, 1.807) is 4.57 Å².